The maximum absolute atomic E-state index is 13.8. The van der Waals surface area contributed by atoms with Gasteiger partial charge in [-0.2, -0.15) is 0 Å². The average molecular weight is 764 g/mol. The minimum Gasteiger partial charge on any atom is -0.488 e. The Morgan fingerprint density at radius 3 is 2.52 bits per heavy atom. The van der Waals surface area contributed by atoms with E-state index in [-0.39, 0.29) is 36.0 Å². The number of imidazole rings is 2. The highest BCUT2D eigenvalue weighted by molar-refractivity contribution is 5.87. The number of nitrogens with zero attached hydrogens (tertiary/aromatic N) is 4. The van der Waals surface area contributed by atoms with Crippen LogP contribution >= 0.6 is 0 Å². The number of likely N-dealkylation sites (tertiary alicyclic amines) is 2. The number of aromatic amines is 2. The molecular formula is C43H53N7O6. The molecular weight excluding hydrogens is 711 g/mol. The van der Waals surface area contributed by atoms with Gasteiger partial charge in [-0.3, -0.25) is 9.69 Å². The van der Waals surface area contributed by atoms with Gasteiger partial charge < -0.3 is 34.4 Å². The SMILES string of the molecule is COC(=O)NC(C(=O)N1C(C)CCC1c1ncc(-c2ccc3c(c2)COc2cc4c(cc2-3)CCc2[nH]c(C3CC(C)CN3C(=O)OC(C)(C)C)nc2-4)[nH]1)C(C)C. The second-order valence-corrected chi connectivity index (χ2v) is 17.3. The van der Waals surface area contributed by atoms with E-state index in [1.807, 2.05) is 57.5 Å². The van der Waals surface area contributed by atoms with Crippen LogP contribution in [0.3, 0.4) is 0 Å². The third-order valence-electron chi connectivity index (χ3n) is 11.7. The molecule has 296 valence electrons. The zero-order valence-electron chi connectivity index (χ0n) is 33.6. The zero-order valence-corrected chi connectivity index (χ0v) is 33.6. The van der Waals surface area contributed by atoms with Gasteiger partial charge in [0.05, 0.1) is 36.8 Å². The number of benzene rings is 2. The molecule has 5 heterocycles. The number of hydrogen-bond acceptors (Lipinski definition) is 8. The summed E-state index contributed by atoms with van der Waals surface area (Å²) in [4.78, 5) is 59.8. The van der Waals surface area contributed by atoms with Crippen LogP contribution in [0.1, 0.15) is 108 Å². The largest absolute Gasteiger partial charge is 0.488 e. The van der Waals surface area contributed by atoms with Crippen molar-refractivity contribution in [1.29, 1.82) is 0 Å². The average Bonchev–Trinajstić information content (AvgIpc) is 3.97. The van der Waals surface area contributed by atoms with Gasteiger partial charge >= 0.3 is 12.2 Å². The topological polar surface area (TPSA) is 155 Å². The molecule has 2 saturated heterocycles. The maximum atomic E-state index is 13.8. The highest BCUT2D eigenvalue weighted by Gasteiger charge is 2.42. The van der Waals surface area contributed by atoms with Crippen LogP contribution in [0.2, 0.25) is 0 Å². The van der Waals surface area contributed by atoms with Crippen molar-refractivity contribution in [2.75, 3.05) is 13.7 Å². The van der Waals surface area contributed by atoms with E-state index in [9.17, 15) is 14.4 Å². The summed E-state index contributed by atoms with van der Waals surface area (Å²) in [6, 6.07) is 9.71. The Hall–Kier alpha value is -5.33. The molecule has 13 heteroatoms. The summed E-state index contributed by atoms with van der Waals surface area (Å²) in [5, 5.41) is 2.73. The van der Waals surface area contributed by atoms with Crippen molar-refractivity contribution in [3.05, 3.63) is 65.0 Å². The molecule has 1 aliphatic carbocycles. The molecule has 56 heavy (non-hydrogen) atoms. The fraction of sp³-hybridized carbons (Fsp3) is 0.512. The lowest BCUT2D eigenvalue weighted by Gasteiger charge is -2.32. The lowest BCUT2D eigenvalue weighted by Crippen LogP contribution is -2.52. The van der Waals surface area contributed by atoms with Gasteiger partial charge in [0.1, 0.15) is 35.6 Å². The molecule has 0 radical (unpaired) electrons. The molecule has 2 aromatic heterocycles. The Morgan fingerprint density at radius 1 is 0.964 bits per heavy atom. The molecule has 4 aromatic rings. The van der Waals surface area contributed by atoms with E-state index in [0.717, 1.165) is 94.4 Å². The van der Waals surface area contributed by atoms with E-state index in [0.29, 0.717) is 19.1 Å². The number of hydrogen-bond donors (Lipinski definition) is 3. The molecule has 3 N–H and O–H groups in total. The van der Waals surface area contributed by atoms with Crippen LogP contribution in [-0.4, -0.2) is 79.2 Å². The lowest BCUT2D eigenvalue weighted by molar-refractivity contribution is -0.137. The summed E-state index contributed by atoms with van der Waals surface area (Å²) in [5.74, 6) is 2.46. The van der Waals surface area contributed by atoms with Crippen LogP contribution < -0.4 is 10.1 Å². The van der Waals surface area contributed by atoms with Gasteiger partial charge in [-0.25, -0.2) is 19.6 Å². The summed E-state index contributed by atoms with van der Waals surface area (Å²) in [7, 11) is 1.30. The smallest absolute Gasteiger partial charge is 0.410 e. The molecule has 2 aromatic carbocycles. The van der Waals surface area contributed by atoms with Crippen molar-refractivity contribution in [3.8, 4) is 39.4 Å². The number of fused-ring (bicyclic) bond motifs is 6. The van der Waals surface area contributed by atoms with E-state index in [2.05, 4.69) is 52.5 Å². The number of carbonyl (C=O) groups is 3. The van der Waals surface area contributed by atoms with Crippen molar-refractivity contribution in [1.82, 2.24) is 35.1 Å². The Kier molecular flexibility index (Phi) is 9.61. The van der Waals surface area contributed by atoms with Crippen molar-refractivity contribution >= 4 is 18.1 Å². The minimum absolute atomic E-state index is 0.000701. The maximum Gasteiger partial charge on any atom is 0.410 e. The van der Waals surface area contributed by atoms with Crippen LogP contribution in [0.25, 0.3) is 33.6 Å². The number of amides is 3. The molecule has 0 spiro atoms. The van der Waals surface area contributed by atoms with Gasteiger partial charge in [0.25, 0.3) is 0 Å². The summed E-state index contributed by atoms with van der Waals surface area (Å²) in [6.07, 6.45) is 5.05. The fourth-order valence-corrected chi connectivity index (χ4v) is 8.90. The second-order valence-electron chi connectivity index (χ2n) is 17.3. The number of ether oxygens (including phenoxy) is 3. The quantitative estimate of drug-likeness (QED) is 0.179. The molecule has 2 fully saturated rings. The number of rotatable bonds is 6. The summed E-state index contributed by atoms with van der Waals surface area (Å²) < 4.78 is 17.0. The zero-order chi connectivity index (χ0) is 39.6. The van der Waals surface area contributed by atoms with Gasteiger partial charge in [0.15, 0.2) is 0 Å². The molecule has 5 atom stereocenters. The second kappa shape index (κ2) is 14.3. The predicted octanol–water partition coefficient (Wildman–Crippen LogP) is 7.88. The highest BCUT2D eigenvalue weighted by Crippen LogP contribution is 2.46. The molecule has 3 amide bonds. The van der Waals surface area contributed by atoms with Gasteiger partial charge in [0, 0.05) is 29.4 Å². The summed E-state index contributed by atoms with van der Waals surface area (Å²) in [6.45, 7) is 14.8. The minimum atomic E-state index is -0.703. The number of nitrogens with one attached hydrogen (secondary N) is 3. The standard InChI is InChI=1S/C43H53N7O6/c1-22(2)36(48-41(52)54-8)40(51)50-24(4)9-14-33(50)38-44-19-32(46-38)26-10-12-28-27(16-26)21-55-35-18-29-25(17-30(28)35)11-13-31-37(29)47-39(45-31)34-15-23(3)20-49(34)42(53)56-43(5,6)7/h10,12,16-19,22-24,33-34,36H,9,11,13-15,20-21H2,1-8H3,(H,44,46)(H,45,47)(H,48,52). The van der Waals surface area contributed by atoms with Crippen molar-refractivity contribution < 1.29 is 28.6 Å². The number of methoxy groups -OCH3 is 1. The highest BCUT2D eigenvalue weighted by atomic mass is 16.6. The number of aryl methyl sites for hydroxylation is 2. The molecule has 3 aliphatic heterocycles. The lowest BCUT2D eigenvalue weighted by atomic mass is 9.86. The molecule has 4 aliphatic rings. The van der Waals surface area contributed by atoms with E-state index in [1.165, 1.54) is 12.7 Å². The van der Waals surface area contributed by atoms with Gasteiger partial charge in [-0.05, 0) is 112 Å². The van der Waals surface area contributed by atoms with E-state index >= 15 is 0 Å². The van der Waals surface area contributed by atoms with Crippen molar-refractivity contribution in [2.45, 2.75) is 117 Å². The molecule has 0 saturated carbocycles. The van der Waals surface area contributed by atoms with Crippen LogP contribution in [0, 0.1) is 11.8 Å². The van der Waals surface area contributed by atoms with Crippen LogP contribution in [0.15, 0.2) is 36.5 Å². The fourth-order valence-electron chi connectivity index (χ4n) is 8.90. The van der Waals surface area contributed by atoms with E-state index in [1.54, 1.807) is 0 Å². The number of aromatic nitrogens is 4. The Balaban J connectivity index is 1.03. The first-order valence-electron chi connectivity index (χ1n) is 19.9. The van der Waals surface area contributed by atoms with Crippen LogP contribution in [-0.2, 0) is 33.7 Å². The van der Waals surface area contributed by atoms with Crippen LogP contribution in [0.5, 0.6) is 5.75 Å². The van der Waals surface area contributed by atoms with Gasteiger partial charge in [0.2, 0.25) is 5.91 Å². The normalized spacial score (nSPS) is 21.8. The van der Waals surface area contributed by atoms with E-state index < -0.39 is 17.7 Å². The van der Waals surface area contributed by atoms with Crippen molar-refractivity contribution in [3.63, 3.8) is 0 Å². The molecule has 13 nitrogen and oxygen atoms in total. The summed E-state index contributed by atoms with van der Waals surface area (Å²) >= 11 is 0. The van der Waals surface area contributed by atoms with E-state index in [4.69, 9.17) is 24.2 Å². The van der Waals surface area contributed by atoms with Gasteiger partial charge in [-0.15, -0.1) is 0 Å². The van der Waals surface area contributed by atoms with Gasteiger partial charge in [-0.1, -0.05) is 32.9 Å². The Bertz CT molecular complexity index is 2180. The third-order valence-corrected chi connectivity index (χ3v) is 11.7. The monoisotopic (exact) mass is 763 g/mol. The Morgan fingerprint density at radius 2 is 1.77 bits per heavy atom. The first kappa shape index (κ1) is 37.6. The summed E-state index contributed by atoms with van der Waals surface area (Å²) in [5.41, 5.74) is 8.89. The Labute approximate surface area is 327 Å². The molecule has 5 unspecified atom stereocenters. The first-order valence-corrected chi connectivity index (χ1v) is 19.9. The van der Waals surface area contributed by atoms with Crippen molar-refractivity contribution in [2.24, 2.45) is 11.8 Å². The predicted molar refractivity (Wildman–Crippen MR) is 211 cm³/mol. The number of carbonyl (C=O) groups excluding carboxylic acids is 3. The third kappa shape index (κ3) is 6.89. The first-order chi connectivity index (χ1) is 26.7. The molecule has 8 rings (SSSR count). The number of alkyl carbamates (subject to hydrolysis) is 1. The number of H-pyrrole nitrogens is 2. The van der Waals surface area contributed by atoms with Crippen LogP contribution in [0.4, 0.5) is 9.59 Å². The molecule has 0 bridgehead atoms.